The van der Waals surface area contributed by atoms with E-state index in [-0.39, 0.29) is 0 Å². The van der Waals surface area contributed by atoms with E-state index in [1.165, 1.54) is 38.5 Å². The van der Waals surface area contributed by atoms with Gasteiger partial charge in [-0.25, -0.2) is 0 Å². The van der Waals surface area contributed by atoms with Gasteiger partial charge in [0, 0.05) is 19.8 Å². The molecule has 2 N–H and O–H groups in total. The van der Waals surface area contributed by atoms with E-state index < -0.39 is 0 Å². The van der Waals surface area contributed by atoms with Crippen LogP contribution < -0.4 is 5.73 Å². The number of ether oxygens (including phenoxy) is 2. The highest BCUT2D eigenvalue weighted by molar-refractivity contribution is 4.77. The zero-order chi connectivity index (χ0) is 11.2. The smallest absolute Gasteiger partial charge is 0.0615 e. The van der Waals surface area contributed by atoms with Crippen LogP contribution in [0, 0.1) is 11.8 Å². The van der Waals surface area contributed by atoms with E-state index >= 15 is 0 Å². The van der Waals surface area contributed by atoms with Crippen molar-refractivity contribution in [1.29, 1.82) is 0 Å². The molecule has 0 aromatic carbocycles. The van der Waals surface area contributed by atoms with Crippen LogP contribution in [-0.2, 0) is 9.47 Å². The molecule has 0 aromatic heterocycles. The quantitative estimate of drug-likeness (QED) is 0.798. The van der Waals surface area contributed by atoms with Crippen LogP contribution in [0.1, 0.15) is 38.5 Å². The fraction of sp³-hybridized carbons (Fsp3) is 1.00. The number of hydrogen-bond acceptors (Lipinski definition) is 3. The lowest BCUT2D eigenvalue weighted by molar-refractivity contribution is -0.0447. The van der Waals surface area contributed by atoms with Gasteiger partial charge in [-0.05, 0) is 44.1 Å². The minimum atomic E-state index is 0.432. The highest BCUT2D eigenvalue weighted by Crippen LogP contribution is 2.27. The summed E-state index contributed by atoms with van der Waals surface area (Å²) in [6.45, 7) is 3.54. The van der Waals surface area contributed by atoms with Gasteiger partial charge >= 0.3 is 0 Å². The van der Waals surface area contributed by atoms with E-state index in [9.17, 15) is 0 Å². The molecule has 2 rings (SSSR count). The van der Waals surface area contributed by atoms with Gasteiger partial charge in [0.05, 0.1) is 6.10 Å². The van der Waals surface area contributed by atoms with Gasteiger partial charge < -0.3 is 15.2 Å². The molecular formula is C13H25NO2. The second kappa shape index (κ2) is 6.58. The van der Waals surface area contributed by atoms with Crippen LogP contribution in [0.3, 0.4) is 0 Å². The minimum Gasteiger partial charge on any atom is -0.381 e. The van der Waals surface area contributed by atoms with Crippen molar-refractivity contribution < 1.29 is 9.47 Å². The first kappa shape index (κ1) is 12.3. The van der Waals surface area contributed by atoms with Crippen LogP contribution in [0.5, 0.6) is 0 Å². The Balaban J connectivity index is 1.70. The third-order valence-corrected chi connectivity index (χ3v) is 4.03. The summed E-state index contributed by atoms with van der Waals surface area (Å²) in [5.74, 6) is 1.32. The third kappa shape index (κ3) is 3.44. The van der Waals surface area contributed by atoms with E-state index in [2.05, 4.69) is 0 Å². The molecule has 0 aromatic rings. The fourth-order valence-corrected chi connectivity index (χ4v) is 2.84. The van der Waals surface area contributed by atoms with Crippen molar-refractivity contribution in [2.45, 2.75) is 44.6 Å². The lowest BCUT2D eigenvalue weighted by Gasteiger charge is -2.32. The zero-order valence-corrected chi connectivity index (χ0v) is 10.2. The van der Waals surface area contributed by atoms with Crippen LogP contribution in [0.2, 0.25) is 0 Å². The molecule has 3 nitrogen and oxygen atoms in total. The molecule has 1 saturated carbocycles. The van der Waals surface area contributed by atoms with E-state index in [1.54, 1.807) is 0 Å². The van der Waals surface area contributed by atoms with Crippen LogP contribution in [0.25, 0.3) is 0 Å². The molecule has 2 aliphatic rings. The second-order valence-corrected chi connectivity index (χ2v) is 5.21. The molecule has 0 amide bonds. The molecule has 0 spiro atoms. The Hall–Kier alpha value is -0.120. The fourth-order valence-electron chi connectivity index (χ4n) is 2.84. The lowest BCUT2D eigenvalue weighted by Crippen LogP contribution is -2.35. The molecule has 1 aliphatic heterocycles. The van der Waals surface area contributed by atoms with Crippen molar-refractivity contribution in [2.75, 3.05) is 26.4 Å². The zero-order valence-electron chi connectivity index (χ0n) is 10.2. The van der Waals surface area contributed by atoms with Crippen LogP contribution >= 0.6 is 0 Å². The van der Waals surface area contributed by atoms with E-state index in [4.69, 9.17) is 15.2 Å². The number of nitrogens with two attached hydrogens (primary N) is 1. The Bertz CT molecular complexity index is 192. The van der Waals surface area contributed by atoms with Crippen molar-refractivity contribution >= 4 is 0 Å². The number of rotatable bonds is 4. The van der Waals surface area contributed by atoms with Gasteiger partial charge in [-0.3, -0.25) is 0 Å². The highest BCUT2D eigenvalue weighted by atomic mass is 16.5. The monoisotopic (exact) mass is 227 g/mol. The van der Waals surface area contributed by atoms with Gasteiger partial charge in [0.2, 0.25) is 0 Å². The predicted octanol–water partition coefficient (Wildman–Crippen LogP) is 1.95. The standard InChI is InChI=1S/C13H25NO2/c14-9-12-3-1-2-4-13(12)16-10-11-5-7-15-8-6-11/h11-13H,1-10,14H2. The molecule has 1 heterocycles. The molecule has 3 heteroatoms. The summed E-state index contributed by atoms with van der Waals surface area (Å²) < 4.78 is 11.4. The second-order valence-electron chi connectivity index (χ2n) is 5.21. The molecule has 1 aliphatic carbocycles. The summed E-state index contributed by atoms with van der Waals surface area (Å²) in [6, 6.07) is 0. The van der Waals surface area contributed by atoms with Gasteiger partial charge in [0.1, 0.15) is 0 Å². The van der Waals surface area contributed by atoms with Crippen molar-refractivity contribution in [3.05, 3.63) is 0 Å². The Morgan fingerprint density at radius 2 is 1.81 bits per heavy atom. The average molecular weight is 227 g/mol. The first-order valence-corrected chi connectivity index (χ1v) is 6.79. The number of hydrogen-bond donors (Lipinski definition) is 1. The van der Waals surface area contributed by atoms with E-state index in [1.807, 2.05) is 0 Å². The molecular weight excluding hydrogens is 202 g/mol. The molecule has 94 valence electrons. The maximum atomic E-state index is 6.09. The summed E-state index contributed by atoms with van der Waals surface area (Å²) in [6.07, 6.45) is 7.88. The first-order valence-electron chi connectivity index (χ1n) is 6.79. The Morgan fingerprint density at radius 1 is 1.06 bits per heavy atom. The Labute approximate surface area is 98.7 Å². The van der Waals surface area contributed by atoms with Crippen LogP contribution in [0.4, 0.5) is 0 Å². The van der Waals surface area contributed by atoms with Gasteiger partial charge in [-0.1, -0.05) is 12.8 Å². The van der Waals surface area contributed by atoms with Gasteiger partial charge in [-0.15, -0.1) is 0 Å². The van der Waals surface area contributed by atoms with Crippen molar-refractivity contribution in [1.82, 2.24) is 0 Å². The average Bonchev–Trinajstić information content (AvgIpc) is 2.38. The molecule has 2 atom stereocenters. The maximum Gasteiger partial charge on any atom is 0.0615 e. The maximum absolute atomic E-state index is 6.09. The largest absolute Gasteiger partial charge is 0.381 e. The molecule has 2 fully saturated rings. The lowest BCUT2D eigenvalue weighted by atomic mass is 9.86. The summed E-state index contributed by atoms with van der Waals surface area (Å²) in [7, 11) is 0. The van der Waals surface area contributed by atoms with Crippen molar-refractivity contribution in [3.63, 3.8) is 0 Å². The minimum absolute atomic E-state index is 0.432. The predicted molar refractivity (Wildman–Crippen MR) is 64.3 cm³/mol. The summed E-state index contributed by atoms with van der Waals surface area (Å²) in [5, 5.41) is 0. The highest BCUT2D eigenvalue weighted by Gasteiger charge is 2.25. The third-order valence-electron chi connectivity index (χ3n) is 4.03. The topological polar surface area (TPSA) is 44.5 Å². The summed E-state index contributed by atoms with van der Waals surface area (Å²) in [4.78, 5) is 0. The Morgan fingerprint density at radius 3 is 2.56 bits per heavy atom. The summed E-state index contributed by atoms with van der Waals surface area (Å²) >= 11 is 0. The Kier molecular flexibility index (Phi) is 5.07. The van der Waals surface area contributed by atoms with Crippen molar-refractivity contribution in [3.8, 4) is 0 Å². The molecule has 0 radical (unpaired) electrons. The first-order chi connectivity index (χ1) is 7.90. The molecule has 16 heavy (non-hydrogen) atoms. The van der Waals surface area contributed by atoms with E-state index in [0.29, 0.717) is 17.9 Å². The van der Waals surface area contributed by atoms with Crippen LogP contribution in [-0.4, -0.2) is 32.5 Å². The normalized spacial score (nSPS) is 32.8. The SMILES string of the molecule is NCC1CCCCC1OCC1CCOCC1. The summed E-state index contributed by atoms with van der Waals surface area (Å²) in [5.41, 5.74) is 5.80. The van der Waals surface area contributed by atoms with Crippen LogP contribution in [0.15, 0.2) is 0 Å². The van der Waals surface area contributed by atoms with Gasteiger partial charge in [0.15, 0.2) is 0 Å². The van der Waals surface area contributed by atoms with Gasteiger partial charge in [0.25, 0.3) is 0 Å². The van der Waals surface area contributed by atoms with Crippen molar-refractivity contribution in [2.24, 2.45) is 17.6 Å². The molecule has 0 bridgehead atoms. The molecule has 2 unspecified atom stereocenters. The van der Waals surface area contributed by atoms with E-state index in [0.717, 1.165) is 26.4 Å². The molecule has 1 saturated heterocycles. The van der Waals surface area contributed by atoms with Gasteiger partial charge in [-0.2, -0.15) is 0 Å².